The van der Waals surface area contributed by atoms with Crippen molar-refractivity contribution in [1.29, 1.82) is 0 Å². The molecule has 0 aromatic heterocycles. The van der Waals surface area contributed by atoms with Crippen molar-refractivity contribution in [2.24, 2.45) is 5.41 Å². The van der Waals surface area contributed by atoms with Gasteiger partial charge in [0.1, 0.15) is 5.75 Å². The molecule has 0 spiro atoms. The van der Waals surface area contributed by atoms with Crippen molar-refractivity contribution in [2.75, 3.05) is 18.0 Å². The Labute approximate surface area is 117 Å². The molecule has 3 N–H and O–H groups in total. The van der Waals surface area contributed by atoms with Crippen LogP contribution < -0.4 is 10.2 Å². The average Bonchev–Trinajstić information content (AvgIpc) is 3.18. The normalized spacial score (nSPS) is 15.4. The van der Waals surface area contributed by atoms with Crippen molar-refractivity contribution in [2.45, 2.75) is 19.8 Å². The molecule has 0 saturated heterocycles. The SMILES string of the molecule is CCN(C(=O)NCC1(C(=O)O)CC1)c1cccc(O)c1. The molecular weight excluding hydrogens is 260 g/mol. The van der Waals surface area contributed by atoms with E-state index in [-0.39, 0.29) is 18.3 Å². The van der Waals surface area contributed by atoms with Gasteiger partial charge in [-0.05, 0) is 31.9 Å². The van der Waals surface area contributed by atoms with Crippen molar-refractivity contribution in [3.63, 3.8) is 0 Å². The van der Waals surface area contributed by atoms with Crippen LogP contribution in [0.1, 0.15) is 19.8 Å². The Morgan fingerprint density at radius 3 is 2.60 bits per heavy atom. The van der Waals surface area contributed by atoms with E-state index in [0.29, 0.717) is 25.1 Å². The summed E-state index contributed by atoms with van der Waals surface area (Å²) in [6, 6.07) is 6.03. The van der Waals surface area contributed by atoms with E-state index >= 15 is 0 Å². The second kappa shape index (κ2) is 5.40. The van der Waals surface area contributed by atoms with Gasteiger partial charge in [0.15, 0.2) is 0 Å². The maximum atomic E-state index is 12.1. The third-order valence-electron chi connectivity index (χ3n) is 3.59. The Bertz CT molecular complexity index is 526. The van der Waals surface area contributed by atoms with Gasteiger partial charge in [-0.3, -0.25) is 9.69 Å². The number of phenols is 1. The number of aromatic hydroxyl groups is 1. The number of nitrogens with one attached hydrogen (secondary N) is 1. The van der Waals surface area contributed by atoms with Crippen LogP contribution in [0, 0.1) is 5.41 Å². The number of aliphatic carboxylic acids is 1. The molecule has 1 aliphatic carbocycles. The molecule has 6 heteroatoms. The van der Waals surface area contributed by atoms with E-state index in [4.69, 9.17) is 5.11 Å². The number of carbonyl (C=O) groups is 2. The minimum absolute atomic E-state index is 0.0814. The average molecular weight is 278 g/mol. The molecule has 108 valence electrons. The van der Waals surface area contributed by atoms with Crippen LogP contribution in [0.4, 0.5) is 10.5 Å². The fourth-order valence-electron chi connectivity index (χ4n) is 2.06. The molecule has 2 amide bonds. The molecule has 0 unspecified atom stereocenters. The number of benzene rings is 1. The highest BCUT2D eigenvalue weighted by molar-refractivity contribution is 5.92. The number of nitrogens with zero attached hydrogens (tertiary/aromatic N) is 1. The smallest absolute Gasteiger partial charge is 0.321 e. The summed E-state index contributed by atoms with van der Waals surface area (Å²) < 4.78 is 0. The third kappa shape index (κ3) is 2.84. The fourth-order valence-corrected chi connectivity index (χ4v) is 2.06. The zero-order valence-electron chi connectivity index (χ0n) is 11.3. The van der Waals surface area contributed by atoms with Crippen LogP contribution in [0.3, 0.4) is 0 Å². The Morgan fingerprint density at radius 2 is 2.10 bits per heavy atom. The number of rotatable bonds is 5. The zero-order valence-corrected chi connectivity index (χ0v) is 11.3. The quantitative estimate of drug-likeness (QED) is 0.766. The molecule has 1 fully saturated rings. The van der Waals surface area contributed by atoms with Crippen LogP contribution in [0.15, 0.2) is 24.3 Å². The predicted molar refractivity (Wildman–Crippen MR) is 73.8 cm³/mol. The minimum atomic E-state index is -0.863. The molecule has 6 nitrogen and oxygen atoms in total. The van der Waals surface area contributed by atoms with Crippen LogP contribution in [0.5, 0.6) is 5.75 Å². The topological polar surface area (TPSA) is 89.9 Å². The molecule has 1 aromatic carbocycles. The first kappa shape index (κ1) is 14.2. The Morgan fingerprint density at radius 1 is 1.40 bits per heavy atom. The minimum Gasteiger partial charge on any atom is -0.508 e. The van der Waals surface area contributed by atoms with Gasteiger partial charge in [0.2, 0.25) is 0 Å². The highest BCUT2D eigenvalue weighted by Gasteiger charge is 2.50. The molecule has 20 heavy (non-hydrogen) atoms. The number of phenolic OH excluding ortho intramolecular Hbond substituents is 1. The summed E-state index contributed by atoms with van der Waals surface area (Å²) in [5, 5.41) is 21.2. The van der Waals surface area contributed by atoms with Crippen LogP contribution in [-0.2, 0) is 4.79 Å². The number of carboxylic acid groups (broad SMARTS) is 1. The van der Waals surface area contributed by atoms with Crippen molar-refractivity contribution in [3.05, 3.63) is 24.3 Å². The lowest BCUT2D eigenvalue weighted by Gasteiger charge is -2.22. The van der Waals surface area contributed by atoms with Gasteiger partial charge in [-0.1, -0.05) is 6.07 Å². The first-order chi connectivity index (χ1) is 9.48. The number of carboxylic acids is 1. The van der Waals surface area contributed by atoms with Crippen LogP contribution in [0.25, 0.3) is 0 Å². The number of hydrogen-bond donors (Lipinski definition) is 3. The molecule has 0 aliphatic heterocycles. The van der Waals surface area contributed by atoms with E-state index in [1.165, 1.54) is 17.0 Å². The Balaban J connectivity index is 2.01. The number of carbonyl (C=O) groups excluding carboxylic acids is 1. The van der Waals surface area contributed by atoms with Crippen LogP contribution in [0.2, 0.25) is 0 Å². The summed E-state index contributed by atoms with van der Waals surface area (Å²) in [6.45, 7) is 2.37. The Kier molecular flexibility index (Phi) is 3.83. The lowest BCUT2D eigenvalue weighted by Crippen LogP contribution is -2.43. The Hall–Kier alpha value is -2.24. The lowest BCUT2D eigenvalue weighted by atomic mass is 10.1. The standard InChI is InChI=1S/C14H18N2O4/c1-2-16(10-4-3-5-11(17)8-10)13(20)15-9-14(6-7-14)12(18)19/h3-5,8,17H,2,6-7,9H2,1H3,(H,15,20)(H,18,19). The van der Waals surface area contributed by atoms with Gasteiger partial charge >= 0.3 is 12.0 Å². The van der Waals surface area contributed by atoms with Gasteiger partial charge < -0.3 is 15.5 Å². The summed E-state index contributed by atoms with van der Waals surface area (Å²) in [6.07, 6.45) is 1.20. The van der Waals surface area contributed by atoms with Crippen molar-refractivity contribution in [3.8, 4) is 5.75 Å². The maximum absolute atomic E-state index is 12.1. The number of urea groups is 1. The van der Waals surface area contributed by atoms with Gasteiger partial charge in [-0.2, -0.15) is 0 Å². The number of hydrogen-bond acceptors (Lipinski definition) is 3. The number of amides is 2. The van der Waals surface area contributed by atoms with Crippen LogP contribution in [-0.4, -0.2) is 35.3 Å². The second-order valence-electron chi connectivity index (χ2n) is 5.01. The summed E-state index contributed by atoms with van der Waals surface area (Å²) in [5.74, 6) is -0.781. The first-order valence-corrected chi connectivity index (χ1v) is 6.56. The van der Waals surface area contributed by atoms with E-state index < -0.39 is 11.4 Å². The summed E-state index contributed by atoms with van der Waals surface area (Å²) >= 11 is 0. The van der Waals surface area contributed by atoms with Crippen molar-refractivity contribution in [1.82, 2.24) is 5.32 Å². The third-order valence-corrected chi connectivity index (χ3v) is 3.59. The van der Waals surface area contributed by atoms with Gasteiger partial charge in [0.25, 0.3) is 0 Å². The van der Waals surface area contributed by atoms with E-state index in [1.54, 1.807) is 12.1 Å². The molecule has 0 radical (unpaired) electrons. The summed E-state index contributed by atoms with van der Waals surface area (Å²) in [7, 11) is 0. The number of anilines is 1. The monoisotopic (exact) mass is 278 g/mol. The van der Waals surface area contributed by atoms with Gasteiger partial charge in [-0.25, -0.2) is 4.79 Å². The molecule has 2 rings (SSSR count). The summed E-state index contributed by atoms with van der Waals surface area (Å²) in [5.41, 5.74) is -0.210. The molecule has 0 atom stereocenters. The van der Waals surface area contributed by atoms with E-state index in [1.807, 2.05) is 6.92 Å². The van der Waals surface area contributed by atoms with E-state index in [0.717, 1.165) is 0 Å². The van der Waals surface area contributed by atoms with E-state index in [2.05, 4.69) is 5.32 Å². The fraction of sp³-hybridized carbons (Fsp3) is 0.429. The van der Waals surface area contributed by atoms with Gasteiger partial charge in [0, 0.05) is 24.8 Å². The molecule has 1 aromatic rings. The maximum Gasteiger partial charge on any atom is 0.321 e. The largest absolute Gasteiger partial charge is 0.508 e. The lowest BCUT2D eigenvalue weighted by molar-refractivity contribution is -0.143. The van der Waals surface area contributed by atoms with Crippen LogP contribution >= 0.6 is 0 Å². The van der Waals surface area contributed by atoms with Crippen molar-refractivity contribution >= 4 is 17.7 Å². The molecular formula is C14H18N2O4. The van der Waals surface area contributed by atoms with Gasteiger partial charge in [-0.15, -0.1) is 0 Å². The highest BCUT2D eigenvalue weighted by atomic mass is 16.4. The van der Waals surface area contributed by atoms with Crippen molar-refractivity contribution < 1.29 is 19.8 Å². The highest BCUT2D eigenvalue weighted by Crippen LogP contribution is 2.45. The first-order valence-electron chi connectivity index (χ1n) is 6.56. The zero-order chi connectivity index (χ0) is 14.8. The second-order valence-corrected chi connectivity index (χ2v) is 5.01. The molecule has 1 saturated carbocycles. The van der Waals surface area contributed by atoms with E-state index in [9.17, 15) is 14.7 Å². The van der Waals surface area contributed by atoms with Gasteiger partial charge in [0.05, 0.1) is 5.41 Å². The summed E-state index contributed by atoms with van der Waals surface area (Å²) in [4.78, 5) is 24.6. The predicted octanol–water partition coefficient (Wildman–Crippen LogP) is 1.79. The molecule has 0 bridgehead atoms. The molecule has 0 heterocycles. The molecule has 1 aliphatic rings.